The molecule has 2 fully saturated rings. The molecule has 0 radical (unpaired) electrons. The maximum Gasteiger partial charge on any atom is 0.196 e. The SMILES string of the molecule is O=Pc1cccc(OCC2CO2)c1OCC1CO1. The van der Waals surface area contributed by atoms with E-state index in [-0.39, 0.29) is 20.7 Å². The van der Waals surface area contributed by atoms with Crippen LogP contribution in [0.5, 0.6) is 11.5 Å². The molecule has 0 N–H and O–H groups in total. The van der Waals surface area contributed by atoms with Gasteiger partial charge in [-0.2, -0.15) is 0 Å². The van der Waals surface area contributed by atoms with E-state index in [2.05, 4.69) is 0 Å². The monoisotopic (exact) mass is 268 g/mol. The molecule has 1 aromatic carbocycles. The van der Waals surface area contributed by atoms with Crippen molar-refractivity contribution in [2.24, 2.45) is 0 Å². The number of rotatable bonds is 7. The number of hydrogen-bond acceptors (Lipinski definition) is 5. The van der Waals surface area contributed by atoms with E-state index in [9.17, 15) is 4.57 Å². The third-order valence-electron chi connectivity index (χ3n) is 2.70. The summed E-state index contributed by atoms with van der Waals surface area (Å²) in [6.45, 7) is 2.42. The van der Waals surface area contributed by atoms with E-state index in [1.807, 2.05) is 0 Å². The lowest BCUT2D eigenvalue weighted by Crippen LogP contribution is -2.12. The number of para-hydroxylation sites is 1. The molecule has 2 heterocycles. The summed E-state index contributed by atoms with van der Waals surface area (Å²) in [7, 11) is -0.0795. The quantitative estimate of drug-likeness (QED) is 0.548. The highest BCUT2D eigenvalue weighted by atomic mass is 31.1. The predicted octanol–water partition coefficient (Wildman–Crippen LogP) is 1.16. The highest BCUT2D eigenvalue weighted by Gasteiger charge is 2.26. The van der Waals surface area contributed by atoms with Crippen LogP contribution in [0.3, 0.4) is 0 Å². The molecule has 0 saturated carbocycles. The smallest absolute Gasteiger partial charge is 0.196 e. The van der Waals surface area contributed by atoms with Gasteiger partial charge in [0, 0.05) is 0 Å². The summed E-state index contributed by atoms with van der Waals surface area (Å²) >= 11 is 0. The first-order chi connectivity index (χ1) is 8.86. The van der Waals surface area contributed by atoms with Crippen molar-refractivity contribution < 1.29 is 23.5 Å². The fourth-order valence-electron chi connectivity index (χ4n) is 1.52. The maximum absolute atomic E-state index is 11.1. The zero-order valence-electron chi connectivity index (χ0n) is 9.70. The first kappa shape index (κ1) is 11.9. The van der Waals surface area contributed by atoms with Gasteiger partial charge < -0.3 is 18.9 Å². The van der Waals surface area contributed by atoms with Crippen LogP contribution in [0, 0.1) is 0 Å². The highest BCUT2D eigenvalue weighted by molar-refractivity contribution is 7.34. The van der Waals surface area contributed by atoms with E-state index < -0.39 is 0 Å². The molecule has 0 amide bonds. The molecule has 2 saturated heterocycles. The lowest BCUT2D eigenvalue weighted by atomic mass is 10.3. The fourth-order valence-corrected chi connectivity index (χ4v) is 1.93. The van der Waals surface area contributed by atoms with Crippen LogP contribution in [0.25, 0.3) is 0 Å². The van der Waals surface area contributed by atoms with E-state index >= 15 is 0 Å². The Balaban J connectivity index is 1.72. The summed E-state index contributed by atoms with van der Waals surface area (Å²) in [5.41, 5.74) is 0. The predicted molar refractivity (Wildman–Crippen MR) is 64.2 cm³/mol. The third-order valence-corrected chi connectivity index (χ3v) is 3.25. The molecule has 0 aliphatic carbocycles. The average molecular weight is 268 g/mol. The Hall–Kier alpha value is -1.16. The van der Waals surface area contributed by atoms with Crippen molar-refractivity contribution in [1.82, 2.24) is 0 Å². The molecule has 6 heteroatoms. The van der Waals surface area contributed by atoms with Gasteiger partial charge in [0.15, 0.2) is 20.0 Å². The van der Waals surface area contributed by atoms with Gasteiger partial charge in [0.05, 0.1) is 18.5 Å². The Morgan fingerprint density at radius 3 is 2.44 bits per heavy atom. The molecule has 0 spiro atoms. The molecule has 0 aromatic heterocycles. The Bertz CT molecular complexity index is 442. The van der Waals surface area contributed by atoms with Gasteiger partial charge in [-0.25, -0.2) is 0 Å². The summed E-state index contributed by atoms with van der Waals surface area (Å²) in [5.74, 6) is 1.14. The van der Waals surface area contributed by atoms with Gasteiger partial charge in [-0.1, -0.05) is 6.07 Å². The lowest BCUT2D eigenvalue weighted by molar-refractivity contribution is 0.229. The van der Waals surface area contributed by atoms with E-state index in [1.54, 1.807) is 18.2 Å². The number of benzene rings is 1. The van der Waals surface area contributed by atoms with Gasteiger partial charge >= 0.3 is 0 Å². The van der Waals surface area contributed by atoms with Gasteiger partial charge in [0.25, 0.3) is 0 Å². The number of epoxide rings is 2. The second-order valence-corrected chi connectivity index (χ2v) is 4.89. The van der Waals surface area contributed by atoms with Crippen LogP contribution in [0.2, 0.25) is 0 Å². The van der Waals surface area contributed by atoms with Crippen LogP contribution >= 0.6 is 8.46 Å². The molecule has 5 nitrogen and oxygen atoms in total. The molecule has 96 valence electrons. The van der Waals surface area contributed by atoms with E-state index in [0.29, 0.717) is 30.0 Å². The third kappa shape index (κ3) is 2.99. The zero-order valence-corrected chi connectivity index (χ0v) is 10.6. The summed E-state index contributed by atoms with van der Waals surface area (Å²) in [6.07, 6.45) is 0.332. The fraction of sp³-hybridized carbons (Fsp3) is 0.500. The van der Waals surface area contributed by atoms with Crippen LogP contribution in [-0.4, -0.2) is 38.6 Å². The lowest BCUT2D eigenvalue weighted by Gasteiger charge is -2.12. The molecule has 2 aliphatic heterocycles. The van der Waals surface area contributed by atoms with Gasteiger partial charge in [-0.05, 0) is 12.1 Å². The van der Waals surface area contributed by atoms with Gasteiger partial charge in [-0.15, -0.1) is 0 Å². The number of hydrogen-bond donors (Lipinski definition) is 0. The first-order valence-electron chi connectivity index (χ1n) is 5.82. The Morgan fingerprint density at radius 2 is 1.83 bits per heavy atom. The average Bonchev–Trinajstić information content (AvgIpc) is 3.28. The zero-order chi connectivity index (χ0) is 12.4. The summed E-state index contributed by atoms with van der Waals surface area (Å²) < 4.78 is 32.5. The summed E-state index contributed by atoms with van der Waals surface area (Å²) in [4.78, 5) is 0. The Morgan fingerprint density at radius 1 is 1.17 bits per heavy atom. The molecule has 2 aliphatic rings. The molecule has 2 unspecified atom stereocenters. The minimum Gasteiger partial charge on any atom is -0.487 e. The van der Waals surface area contributed by atoms with Crippen molar-refractivity contribution >= 4 is 13.8 Å². The molecular weight excluding hydrogens is 255 g/mol. The Kier molecular flexibility index (Phi) is 3.46. The molecule has 2 atom stereocenters. The molecule has 18 heavy (non-hydrogen) atoms. The Labute approximate surface area is 106 Å². The van der Waals surface area contributed by atoms with Crippen LogP contribution in [0.4, 0.5) is 0 Å². The van der Waals surface area contributed by atoms with Crippen LogP contribution in [0.15, 0.2) is 18.2 Å². The van der Waals surface area contributed by atoms with Gasteiger partial charge in [-0.3, -0.25) is 4.57 Å². The van der Waals surface area contributed by atoms with Gasteiger partial charge in [0.2, 0.25) is 0 Å². The highest BCUT2D eigenvalue weighted by Crippen LogP contribution is 2.29. The second kappa shape index (κ2) is 5.22. The van der Waals surface area contributed by atoms with Gasteiger partial charge in [0.1, 0.15) is 25.4 Å². The molecule has 3 rings (SSSR count). The van der Waals surface area contributed by atoms with Crippen molar-refractivity contribution in [2.75, 3.05) is 26.4 Å². The van der Waals surface area contributed by atoms with Crippen LogP contribution in [-0.2, 0) is 14.0 Å². The van der Waals surface area contributed by atoms with E-state index in [1.165, 1.54) is 0 Å². The van der Waals surface area contributed by atoms with E-state index in [0.717, 1.165) is 13.2 Å². The second-order valence-electron chi connectivity index (χ2n) is 4.23. The van der Waals surface area contributed by atoms with Crippen molar-refractivity contribution in [1.29, 1.82) is 0 Å². The standard InChI is InChI=1S/C12H13O5P/c13-18-11-3-1-2-10(16-6-8-4-14-8)12(11)17-7-9-5-15-9/h1-3,8-9H,4-7H2. The largest absolute Gasteiger partial charge is 0.487 e. The molecule has 0 bridgehead atoms. The topological polar surface area (TPSA) is 60.6 Å². The molecule has 1 aromatic rings. The summed E-state index contributed by atoms with van der Waals surface area (Å²) in [6, 6.07) is 5.35. The van der Waals surface area contributed by atoms with Crippen molar-refractivity contribution in [3.63, 3.8) is 0 Å². The molecular formula is C12H13O5P. The summed E-state index contributed by atoms with van der Waals surface area (Å²) in [5, 5.41) is 0.588. The maximum atomic E-state index is 11.1. The van der Waals surface area contributed by atoms with Crippen molar-refractivity contribution in [2.45, 2.75) is 12.2 Å². The van der Waals surface area contributed by atoms with Crippen LogP contribution < -0.4 is 14.8 Å². The van der Waals surface area contributed by atoms with Crippen molar-refractivity contribution in [3.05, 3.63) is 18.2 Å². The first-order valence-corrected chi connectivity index (χ1v) is 6.63. The minimum absolute atomic E-state index is 0.0795. The van der Waals surface area contributed by atoms with Crippen molar-refractivity contribution in [3.8, 4) is 11.5 Å². The van der Waals surface area contributed by atoms with Crippen LogP contribution in [0.1, 0.15) is 0 Å². The minimum atomic E-state index is -0.0795. The number of ether oxygens (including phenoxy) is 4. The van der Waals surface area contributed by atoms with E-state index in [4.69, 9.17) is 18.9 Å². The normalized spacial score (nSPS) is 24.9.